The van der Waals surface area contributed by atoms with Gasteiger partial charge in [-0.1, -0.05) is 13.8 Å². The van der Waals surface area contributed by atoms with Crippen molar-refractivity contribution < 1.29 is 17.6 Å². The van der Waals surface area contributed by atoms with Crippen LogP contribution in [0, 0.1) is 29.4 Å². The van der Waals surface area contributed by atoms with Gasteiger partial charge in [-0.15, -0.1) is 0 Å². The van der Waals surface area contributed by atoms with Gasteiger partial charge in [0.15, 0.2) is 0 Å². The zero-order chi connectivity index (χ0) is 14.2. The molecule has 0 amide bonds. The predicted molar refractivity (Wildman–Crippen MR) is 63.9 cm³/mol. The number of pyridine rings is 1. The maximum atomic E-state index is 13.7. The predicted octanol–water partition coefficient (Wildman–Crippen LogP) is 3.65. The zero-order valence-electron chi connectivity index (χ0n) is 10.9. The van der Waals surface area contributed by atoms with Crippen LogP contribution in [0.15, 0.2) is 0 Å². The summed E-state index contributed by atoms with van der Waals surface area (Å²) in [6.45, 7) is 4.33. The summed E-state index contributed by atoms with van der Waals surface area (Å²) in [6, 6.07) is -0.0380. The quantitative estimate of drug-likeness (QED) is 0.603. The van der Waals surface area contributed by atoms with E-state index in [-0.39, 0.29) is 6.04 Å². The highest BCUT2D eigenvalue weighted by Gasteiger charge is 2.35. The van der Waals surface area contributed by atoms with E-state index in [9.17, 15) is 17.6 Å². The van der Waals surface area contributed by atoms with Gasteiger partial charge in [-0.05, 0) is 25.2 Å². The second-order valence-electron chi connectivity index (χ2n) is 5.28. The van der Waals surface area contributed by atoms with E-state index in [0.29, 0.717) is 18.9 Å². The minimum Gasteiger partial charge on any atom is -0.364 e. The minimum absolute atomic E-state index is 0.0380. The molecule has 0 unspecified atom stereocenters. The van der Waals surface area contributed by atoms with E-state index < -0.39 is 29.2 Å². The van der Waals surface area contributed by atoms with Gasteiger partial charge in [0.1, 0.15) is 5.69 Å². The molecule has 1 fully saturated rings. The summed E-state index contributed by atoms with van der Waals surface area (Å²) in [5, 5.41) is 0. The first kappa shape index (κ1) is 14.1. The highest BCUT2D eigenvalue weighted by atomic mass is 19.2. The van der Waals surface area contributed by atoms with Gasteiger partial charge in [0.2, 0.25) is 11.6 Å². The highest BCUT2D eigenvalue weighted by molar-refractivity contribution is 5.50. The molecule has 2 nitrogen and oxygen atoms in total. The molecule has 0 radical (unpaired) electrons. The summed E-state index contributed by atoms with van der Waals surface area (Å²) in [6.07, 6.45) is 2.26. The minimum atomic E-state index is -1.59. The van der Waals surface area contributed by atoms with Crippen molar-refractivity contribution in [3.8, 4) is 0 Å². The second-order valence-corrected chi connectivity index (χ2v) is 5.28. The van der Waals surface area contributed by atoms with Crippen molar-refractivity contribution in [1.82, 2.24) is 4.98 Å². The molecule has 1 saturated carbocycles. The summed E-state index contributed by atoms with van der Waals surface area (Å²) >= 11 is 0. The van der Waals surface area contributed by atoms with Crippen LogP contribution in [0.5, 0.6) is 0 Å². The molecule has 0 bridgehead atoms. The Bertz CT molecular complexity index is 446. The maximum Gasteiger partial charge on any atom is 0.253 e. The van der Waals surface area contributed by atoms with E-state index in [2.05, 4.69) is 4.98 Å². The molecule has 1 aliphatic carbocycles. The third-order valence-electron chi connectivity index (χ3n) is 3.20. The van der Waals surface area contributed by atoms with Crippen molar-refractivity contribution in [2.45, 2.75) is 39.2 Å². The monoisotopic (exact) mass is 276 g/mol. The molecule has 0 aliphatic heterocycles. The highest BCUT2D eigenvalue weighted by Crippen LogP contribution is 2.36. The number of nitrogens with zero attached hydrogens (tertiary/aromatic N) is 2. The third kappa shape index (κ3) is 2.98. The third-order valence-corrected chi connectivity index (χ3v) is 3.20. The number of halogens is 4. The van der Waals surface area contributed by atoms with Gasteiger partial charge in [-0.2, -0.15) is 22.5 Å². The van der Waals surface area contributed by atoms with Gasteiger partial charge < -0.3 is 4.90 Å². The molecule has 1 aromatic heterocycles. The Labute approximate surface area is 109 Å². The first-order valence-electron chi connectivity index (χ1n) is 6.38. The molecule has 2 rings (SSSR count). The van der Waals surface area contributed by atoms with Crippen molar-refractivity contribution in [2.24, 2.45) is 5.92 Å². The van der Waals surface area contributed by atoms with Gasteiger partial charge in [0.25, 0.3) is 11.9 Å². The largest absolute Gasteiger partial charge is 0.364 e. The Morgan fingerprint density at radius 3 is 2.05 bits per heavy atom. The van der Waals surface area contributed by atoms with E-state index in [1.165, 1.54) is 4.90 Å². The normalized spacial score (nSPS) is 15.1. The summed E-state index contributed by atoms with van der Waals surface area (Å²) in [5.41, 5.74) is -0.617. The van der Waals surface area contributed by atoms with Crippen molar-refractivity contribution in [3.63, 3.8) is 0 Å². The van der Waals surface area contributed by atoms with E-state index in [1.807, 2.05) is 13.8 Å². The molecule has 0 saturated heterocycles. The summed E-state index contributed by atoms with van der Waals surface area (Å²) in [7, 11) is 0. The van der Waals surface area contributed by atoms with Crippen LogP contribution in [-0.4, -0.2) is 17.6 Å². The molecular weight excluding hydrogens is 260 g/mol. The topological polar surface area (TPSA) is 16.1 Å². The molecule has 1 aliphatic rings. The van der Waals surface area contributed by atoms with Crippen LogP contribution in [0.3, 0.4) is 0 Å². The fourth-order valence-electron chi connectivity index (χ4n) is 1.99. The average Bonchev–Trinajstić information content (AvgIpc) is 3.14. The molecule has 0 atom stereocenters. The van der Waals surface area contributed by atoms with Gasteiger partial charge in [0.05, 0.1) is 0 Å². The molecule has 6 heteroatoms. The Morgan fingerprint density at radius 2 is 1.63 bits per heavy atom. The lowest BCUT2D eigenvalue weighted by Crippen LogP contribution is -2.30. The molecule has 0 N–H and O–H groups in total. The zero-order valence-corrected chi connectivity index (χ0v) is 10.9. The van der Waals surface area contributed by atoms with E-state index >= 15 is 0 Å². The van der Waals surface area contributed by atoms with Crippen molar-refractivity contribution in [1.29, 1.82) is 0 Å². The lowest BCUT2D eigenvalue weighted by Gasteiger charge is -2.26. The molecular formula is C13H16F4N2. The van der Waals surface area contributed by atoms with Crippen LogP contribution in [0.1, 0.15) is 33.1 Å². The number of anilines is 1. The number of rotatable bonds is 5. The van der Waals surface area contributed by atoms with E-state index in [1.54, 1.807) is 0 Å². The molecule has 1 aromatic rings. The molecule has 0 aromatic carbocycles. The Morgan fingerprint density at radius 1 is 1.11 bits per heavy atom. The SMILES string of the molecule is CC(C)CCN(c1c(F)c(F)nc(F)c1F)C1CC1. The first-order valence-corrected chi connectivity index (χ1v) is 6.38. The summed E-state index contributed by atoms with van der Waals surface area (Å²) in [4.78, 5) is 4.01. The van der Waals surface area contributed by atoms with Crippen LogP contribution >= 0.6 is 0 Å². The molecule has 19 heavy (non-hydrogen) atoms. The molecule has 106 valence electrons. The van der Waals surface area contributed by atoms with Crippen molar-refractivity contribution in [2.75, 3.05) is 11.4 Å². The maximum absolute atomic E-state index is 13.7. The van der Waals surface area contributed by atoms with Crippen LogP contribution in [-0.2, 0) is 0 Å². The second kappa shape index (κ2) is 5.35. The Balaban J connectivity index is 2.35. The van der Waals surface area contributed by atoms with Gasteiger partial charge in [-0.3, -0.25) is 0 Å². The number of aromatic nitrogens is 1. The van der Waals surface area contributed by atoms with Crippen LogP contribution in [0.4, 0.5) is 23.2 Å². The Hall–Kier alpha value is -1.33. The van der Waals surface area contributed by atoms with E-state index in [4.69, 9.17) is 0 Å². The molecule has 0 spiro atoms. The lowest BCUT2D eigenvalue weighted by molar-refractivity contribution is 0.404. The van der Waals surface area contributed by atoms with Gasteiger partial charge in [-0.25, -0.2) is 0 Å². The van der Waals surface area contributed by atoms with E-state index in [0.717, 1.165) is 12.8 Å². The number of hydrogen-bond donors (Lipinski definition) is 0. The summed E-state index contributed by atoms with van der Waals surface area (Å²) in [5.74, 6) is -5.67. The number of hydrogen-bond acceptors (Lipinski definition) is 2. The van der Waals surface area contributed by atoms with Crippen LogP contribution in [0.25, 0.3) is 0 Å². The van der Waals surface area contributed by atoms with Gasteiger partial charge >= 0.3 is 0 Å². The average molecular weight is 276 g/mol. The molecule has 1 heterocycles. The van der Waals surface area contributed by atoms with Gasteiger partial charge in [0, 0.05) is 12.6 Å². The van der Waals surface area contributed by atoms with Crippen molar-refractivity contribution in [3.05, 3.63) is 23.5 Å². The fourth-order valence-corrected chi connectivity index (χ4v) is 1.99. The van der Waals surface area contributed by atoms with Crippen LogP contribution < -0.4 is 4.90 Å². The lowest BCUT2D eigenvalue weighted by atomic mass is 10.1. The summed E-state index contributed by atoms with van der Waals surface area (Å²) < 4.78 is 53.7. The Kier molecular flexibility index (Phi) is 3.96. The fraction of sp³-hybridized carbons (Fsp3) is 0.615. The standard InChI is InChI=1S/C13H16F4N2/c1-7(2)5-6-19(8-3-4-8)11-9(14)12(16)18-13(17)10(11)15/h7-8H,3-6H2,1-2H3. The van der Waals surface area contributed by atoms with Crippen LogP contribution in [0.2, 0.25) is 0 Å². The van der Waals surface area contributed by atoms with Crippen molar-refractivity contribution >= 4 is 5.69 Å². The first-order chi connectivity index (χ1) is 8.91. The smallest absolute Gasteiger partial charge is 0.253 e.